The molecule has 0 spiro atoms. The molecule has 0 aliphatic heterocycles. The van der Waals surface area contributed by atoms with E-state index in [0.717, 1.165) is 6.07 Å². The number of hydrogen-bond donors (Lipinski definition) is 3. The summed E-state index contributed by atoms with van der Waals surface area (Å²) in [6.45, 7) is 0. The molecule has 2 aromatic carbocycles. The number of carbonyl (C=O) groups excluding carboxylic acids is 1. The molecule has 0 saturated heterocycles. The van der Waals surface area contributed by atoms with Crippen molar-refractivity contribution in [3.8, 4) is 11.5 Å². The van der Waals surface area contributed by atoms with E-state index in [1.54, 1.807) is 6.07 Å². The minimum Gasteiger partial charge on any atom is -0.508 e. The maximum Gasteiger partial charge on any atom is 0.272 e. The van der Waals surface area contributed by atoms with E-state index in [2.05, 4.69) is 10.5 Å². The molecule has 0 saturated carbocycles. The minimum atomic E-state index is -0.531. The molecule has 0 atom stereocenters. The van der Waals surface area contributed by atoms with Crippen LogP contribution in [0.4, 0.5) is 0 Å². The molecular formula is C14H10Cl2N2O3. The molecule has 0 unspecified atom stereocenters. The molecule has 1 amide bonds. The summed E-state index contributed by atoms with van der Waals surface area (Å²) in [6, 6.07) is 8.50. The molecular weight excluding hydrogens is 315 g/mol. The summed E-state index contributed by atoms with van der Waals surface area (Å²) < 4.78 is 0. The van der Waals surface area contributed by atoms with Crippen molar-refractivity contribution < 1.29 is 15.0 Å². The van der Waals surface area contributed by atoms with Crippen molar-refractivity contribution >= 4 is 35.3 Å². The van der Waals surface area contributed by atoms with Gasteiger partial charge >= 0.3 is 0 Å². The van der Waals surface area contributed by atoms with Gasteiger partial charge < -0.3 is 10.2 Å². The van der Waals surface area contributed by atoms with Gasteiger partial charge in [-0.3, -0.25) is 4.79 Å². The minimum absolute atomic E-state index is 0.0700. The fourth-order valence-corrected chi connectivity index (χ4v) is 1.91. The van der Waals surface area contributed by atoms with E-state index in [4.69, 9.17) is 28.3 Å². The third-order valence-corrected chi connectivity index (χ3v) is 3.12. The van der Waals surface area contributed by atoms with E-state index in [1.165, 1.54) is 30.5 Å². The van der Waals surface area contributed by atoms with Crippen LogP contribution in [-0.4, -0.2) is 22.3 Å². The molecule has 21 heavy (non-hydrogen) atoms. The van der Waals surface area contributed by atoms with Crippen LogP contribution in [0.15, 0.2) is 41.5 Å². The third kappa shape index (κ3) is 3.87. The average molecular weight is 325 g/mol. The Hall–Kier alpha value is -2.24. The Labute approximate surface area is 130 Å². The molecule has 2 rings (SSSR count). The quantitative estimate of drug-likeness (QED) is 0.599. The number of phenols is 2. The van der Waals surface area contributed by atoms with Gasteiger partial charge in [-0.2, -0.15) is 5.10 Å². The number of nitrogens with one attached hydrogen (secondary N) is 1. The number of nitrogens with zero attached hydrogens (tertiary/aromatic N) is 1. The molecule has 5 nitrogen and oxygen atoms in total. The number of phenolic OH excluding ortho intramolecular Hbond substituents is 2. The normalized spacial score (nSPS) is 10.8. The van der Waals surface area contributed by atoms with Crippen LogP contribution in [0.2, 0.25) is 10.0 Å². The lowest BCUT2D eigenvalue weighted by molar-refractivity contribution is 0.0955. The summed E-state index contributed by atoms with van der Waals surface area (Å²) in [6.07, 6.45) is 1.24. The number of aromatic hydroxyl groups is 2. The zero-order valence-corrected chi connectivity index (χ0v) is 12.1. The number of amides is 1. The molecule has 0 aromatic heterocycles. The van der Waals surface area contributed by atoms with Crippen molar-refractivity contribution in [3.63, 3.8) is 0 Å². The smallest absolute Gasteiger partial charge is 0.272 e. The van der Waals surface area contributed by atoms with Gasteiger partial charge in [-0.15, -0.1) is 0 Å². The van der Waals surface area contributed by atoms with Crippen molar-refractivity contribution in [1.29, 1.82) is 0 Å². The number of benzene rings is 2. The zero-order chi connectivity index (χ0) is 15.4. The highest BCUT2D eigenvalue weighted by Crippen LogP contribution is 2.21. The maximum absolute atomic E-state index is 11.9. The van der Waals surface area contributed by atoms with Crippen LogP contribution in [0, 0.1) is 0 Å². The van der Waals surface area contributed by atoms with E-state index in [9.17, 15) is 9.90 Å². The van der Waals surface area contributed by atoms with Crippen LogP contribution in [-0.2, 0) is 0 Å². The molecule has 0 aliphatic rings. The summed E-state index contributed by atoms with van der Waals surface area (Å²) in [5, 5.41) is 23.0. The first-order chi connectivity index (χ1) is 9.97. The highest BCUT2D eigenvalue weighted by Gasteiger charge is 2.10. The molecule has 0 aliphatic carbocycles. The van der Waals surface area contributed by atoms with Crippen LogP contribution in [0.1, 0.15) is 15.9 Å². The van der Waals surface area contributed by atoms with Crippen LogP contribution >= 0.6 is 23.2 Å². The van der Waals surface area contributed by atoms with Gasteiger partial charge in [0.2, 0.25) is 0 Å². The first kappa shape index (κ1) is 15.2. The van der Waals surface area contributed by atoms with Gasteiger partial charge in [0, 0.05) is 16.7 Å². The number of carbonyl (C=O) groups is 1. The molecule has 2 aromatic rings. The first-order valence-electron chi connectivity index (χ1n) is 5.78. The van der Waals surface area contributed by atoms with Gasteiger partial charge in [0.05, 0.1) is 16.8 Å². The summed E-state index contributed by atoms with van der Waals surface area (Å²) in [5.74, 6) is -0.759. The molecule has 0 radical (unpaired) electrons. The van der Waals surface area contributed by atoms with Crippen molar-refractivity contribution in [3.05, 3.63) is 57.6 Å². The van der Waals surface area contributed by atoms with Crippen LogP contribution in [0.25, 0.3) is 0 Å². The van der Waals surface area contributed by atoms with E-state index >= 15 is 0 Å². The standard InChI is InChI=1S/C14H10Cl2N2O3/c15-9-2-4-12(16)11(5-9)14(21)18-17-7-8-1-3-10(19)6-13(8)20/h1-7,19-20H,(H,18,21)/b17-7+. The van der Waals surface area contributed by atoms with Gasteiger partial charge in [0.25, 0.3) is 5.91 Å². The first-order valence-corrected chi connectivity index (χ1v) is 6.53. The van der Waals surface area contributed by atoms with Crippen LogP contribution in [0.5, 0.6) is 11.5 Å². The maximum atomic E-state index is 11.9. The predicted molar refractivity (Wildman–Crippen MR) is 81.3 cm³/mol. The second-order valence-corrected chi connectivity index (χ2v) is 4.91. The van der Waals surface area contributed by atoms with Crippen LogP contribution in [0.3, 0.4) is 0 Å². The van der Waals surface area contributed by atoms with Crippen molar-refractivity contribution in [2.75, 3.05) is 0 Å². The van der Waals surface area contributed by atoms with Crippen LogP contribution < -0.4 is 5.43 Å². The van der Waals surface area contributed by atoms with Gasteiger partial charge in [-0.05, 0) is 30.3 Å². The number of rotatable bonds is 3. The molecule has 108 valence electrons. The fraction of sp³-hybridized carbons (Fsp3) is 0. The lowest BCUT2D eigenvalue weighted by Gasteiger charge is -2.03. The molecule has 0 bridgehead atoms. The predicted octanol–water partition coefficient (Wildman–Crippen LogP) is 3.17. The van der Waals surface area contributed by atoms with Crippen molar-refractivity contribution in [2.45, 2.75) is 0 Å². The van der Waals surface area contributed by atoms with Crippen molar-refractivity contribution in [1.82, 2.24) is 5.43 Å². The molecule has 3 N–H and O–H groups in total. The lowest BCUT2D eigenvalue weighted by Crippen LogP contribution is -2.18. The Kier molecular flexibility index (Phi) is 4.67. The fourth-order valence-electron chi connectivity index (χ4n) is 1.53. The third-order valence-electron chi connectivity index (χ3n) is 2.56. The Morgan fingerprint density at radius 1 is 1.14 bits per heavy atom. The van der Waals surface area contributed by atoms with Gasteiger partial charge in [-0.1, -0.05) is 23.2 Å². The SMILES string of the molecule is O=C(N/N=C/c1ccc(O)cc1O)c1cc(Cl)ccc1Cl. The largest absolute Gasteiger partial charge is 0.508 e. The Balaban J connectivity index is 2.10. The van der Waals surface area contributed by atoms with E-state index < -0.39 is 5.91 Å². The summed E-state index contributed by atoms with van der Waals surface area (Å²) in [4.78, 5) is 11.9. The number of hydrogen-bond acceptors (Lipinski definition) is 4. The average Bonchev–Trinajstić information content (AvgIpc) is 2.43. The molecule has 0 fully saturated rings. The topological polar surface area (TPSA) is 81.9 Å². The Bertz CT molecular complexity index is 717. The van der Waals surface area contributed by atoms with Gasteiger partial charge in [-0.25, -0.2) is 5.43 Å². The Morgan fingerprint density at radius 2 is 1.90 bits per heavy atom. The monoisotopic (exact) mass is 324 g/mol. The highest BCUT2D eigenvalue weighted by atomic mass is 35.5. The van der Waals surface area contributed by atoms with E-state index in [-0.39, 0.29) is 22.1 Å². The molecule has 7 heteroatoms. The zero-order valence-electron chi connectivity index (χ0n) is 10.5. The van der Waals surface area contributed by atoms with E-state index in [1.807, 2.05) is 0 Å². The second-order valence-electron chi connectivity index (χ2n) is 4.07. The van der Waals surface area contributed by atoms with Gasteiger partial charge in [0.1, 0.15) is 11.5 Å². The highest BCUT2D eigenvalue weighted by molar-refractivity contribution is 6.35. The van der Waals surface area contributed by atoms with E-state index in [0.29, 0.717) is 10.6 Å². The van der Waals surface area contributed by atoms with Gasteiger partial charge in [0.15, 0.2) is 0 Å². The number of hydrazone groups is 1. The summed E-state index contributed by atoms with van der Waals surface area (Å²) in [7, 11) is 0. The summed E-state index contributed by atoms with van der Waals surface area (Å²) in [5.41, 5.74) is 2.80. The lowest BCUT2D eigenvalue weighted by atomic mass is 10.2. The Morgan fingerprint density at radius 3 is 2.62 bits per heavy atom. The second kappa shape index (κ2) is 6.47. The summed E-state index contributed by atoms with van der Waals surface area (Å²) >= 11 is 11.7. The molecule has 0 heterocycles. The number of halogens is 2. The van der Waals surface area contributed by atoms with Crippen molar-refractivity contribution in [2.24, 2.45) is 5.10 Å².